The molecule has 0 radical (unpaired) electrons. The fourth-order valence-corrected chi connectivity index (χ4v) is 2.58. The van der Waals surface area contributed by atoms with Gasteiger partial charge in [-0.15, -0.1) is 0 Å². The van der Waals surface area contributed by atoms with E-state index in [4.69, 9.17) is 16.3 Å². The maximum atomic E-state index is 11.9. The zero-order chi connectivity index (χ0) is 14.8. The van der Waals surface area contributed by atoms with Crippen LogP contribution in [-0.4, -0.2) is 13.1 Å². The van der Waals surface area contributed by atoms with E-state index >= 15 is 0 Å². The van der Waals surface area contributed by atoms with Crippen molar-refractivity contribution in [2.75, 3.05) is 7.11 Å². The molecule has 0 bridgehead atoms. The Kier molecular flexibility index (Phi) is 3.63. The van der Waals surface area contributed by atoms with E-state index in [0.717, 1.165) is 21.9 Å². The second-order valence-corrected chi connectivity index (χ2v) is 5.18. The molecule has 0 heterocycles. The van der Waals surface area contributed by atoms with Crippen LogP contribution in [0.3, 0.4) is 0 Å². The lowest BCUT2D eigenvalue weighted by Crippen LogP contribution is -2.03. The fraction of sp³-hybridized carbons (Fsp3) is 0.0556. The van der Waals surface area contributed by atoms with Crippen molar-refractivity contribution >= 4 is 28.3 Å². The molecule has 104 valence electrons. The van der Waals surface area contributed by atoms with Crippen LogP contribution in [0.15, 0.2) is 60.7 Å². The molecule has 0 aliphatic rings. The Bertz CT molecular complexity index is 824. The number of esters is 1. The second kappa shape index (κ2) is 5.58. The van der Waals surface area contributed by atoms with Gasteiger partial charge in [0.1, 0.15) is 0 Å². The van der Waals surface area contributed by atoms with E-state index in [1.807, 2.05) is 36.4 Å². The van der Waals surface area contributed by atoms with Gasteiger partial charge >= 0.3 is 5.97 Å². The predicted octanol–water partition coefficient (Wildman–Crippen LogP) is 4.95. The van der Waals surface area contributed by atoms with Gasteiger partial charge in [0.25, 0.3) is 0 Å². The molecule has 3 aromatic rings. The van der Waals surface area contributed by atoms with Gasteiger partial charge in [-0.3, -0.25) is 0 Å². The monoisotopic (exact) mass is 296 g/mol. The van der Waals surface area contributed by atoms with Crippen LogP contribution >= 0.6 is 11.6 Å². The van der Waals surface area contributed by atoms with Gasteiger partial charge in [-0.2, -0.15) is 0 Å². The molecule has 2 nitrogen and oxygen atoms in total. The van der Waals surface area contributed by atoms with Gasteiger partial charge in [0, 0.05) is 5.02 Å². The molecule has 0 N–H and O–H groups in total. The van der Waals surface area contributed by atoms with Crippen molar-refractivity contribution in [3.63, 3.8) is 0 Å². The standard InChI is InChI=1S/C18H13ClO2/c1-21-18(20)17-11-15(19)8-9-16(17)14-7-6-12-4-2-3-5-13(12)10-14/h2-11H,1H3. The van der Waals surface area contributed by atoms with E-state index in [-0.39, 0.29) is 5.97 Å². The van der Waals surface area contributed by atoms with E-state index < -0.39 is 0 Å². The molecular weight excluding hydrogens is 284 g/mol. The summed E-state index contributed by atoms with van der Waals surface area (Å²) in [6.45, 7) is 0. The molecule has 3 aromatic carbocycles. The lowest BCUT2D eigenvalue weighted by Gasteiger charge is -2.10. The zero-order valence-corrected chi connectivity index (χ0v) is 12.2. The summed E-state index contributed by atoms with van der Waals surface area (Å²) in [6.07, 6.45) is 0. The third-order valence-electron chi connectivity index (χ3n) is 3.45. The first-order valence-corrected chi connectivity index (χ1v) is 6.94. The highest BCUT2D eigenvalue weighted by molar-refractivity contribution is 6.31. The van der Waals surface area contributed by atoms with E-state index in [1.54, 1.807) is 12.1 Å². The average Bonchev–Trinajstić information content (AvgIpc) is 2.53. The summed E-state index contributed by atoms with van der Waals surface area (Å²) in [4.78, 5) is 11.9. The number of rotatable bonds is 2. The Balaban J connectivity index is 2.20. The number of carbonyl (C=O) groups excluding carboxylic acids is 1. The van der Waals surface area contributed by atoms with Crippen molar-refractivity contribution in [3.8, 4) is 11.1 Å². The van der Waals surface area contributed by atoms with Gasteiger partial charge in [-0.1, -0.05) is 54.1 Å². The lowest BCUT2D eigenvalue weighted by molar-refractivity contribution is 0.0601. The van der Waals surface area contributed by atoms with Crippen molar-refractivity contribution < 1.29 is 9.53 Å². The Morgan fingerprint density at radius 3 is 2.48 bits per heavy atom. The van der Waals surface area contributed by atoms with Gasteiger partial charge in [0.15, 0.2) is 0 Å². The topological polar surface area (TPSA) is 26.3 Å². The van der Waals surface area contributed by atoms with E-state index in [1.165, 1.54) is 7.11 Å². The molecule has 0 spiro atoms. The first-order valence-electron chi connectivity index (χ1n) is 6.56. The number of methoxy groups -OCH3 is 1. The summed E-state index contributed by atoms with van der Waals surface area (Å²) in [5.41, 5.74) is 2.25. The van der Waals surface area contributed by atoms with Gasteiger partial charge in [0.05, 0.1) is 12.7 Å². The average molecular weight is 297 g/mol. The third-order valence-corrected chi connectivity index (χ3v) is 3.68. The number of benzene rings is 3. The molecule has 0 atom stereocenters. The van der Waals surface area contributed by atoms with Crippen LogP contribution in [0.25, 0.3) is 21.9 Å². The zero-order valence-electron chi connectivity index (χ0n) is 11.5. The van der Waals surface area contributed by atoms with Crippen LogP contribution < -0.4 is 0 Å². The molecule has 0 saturated carbocycles. The van der Waals surface area contributed by atoms with E-state index in [0.29, 0.717) is 10.6 Å². The van der Waals surface area contributed by atoms with Crippen molar-refractivity contribution in [1.29, 1.82) is 0 Å². The van der Waals surface area contributed by atoms with Crippen molar-refractivity contribution in [3.05, 3.63) is 71.2 Å². The maximum Gasteiger partial charge on any atom is 0.338 e. The van der Waals surface area contributed by atoms with Crippen molar-refractivity contribution in [2.24, 2.45) is 0 Å². The SMILES string of the molecule is COC(=O)c1cc(Cl)ccc1-c1ccc2ccccc2c1. The summed E-state index contributed by atoms with van der Waals surface area (Å²) >= 11 is 5.99. The van der Waals surface area contributed by atoms with Gasteiger partial charge in [0.2, 0.25) is 0 Å². The normalized spacial score (nSPS) is 10.6. The molecule has 0 aliphatic heterocycles. The highest BCUT2D eigenvalue weighted by Gasteiger charge is 2.14. The minimum absolute atomic E-state index is 0.388. The van der Waals surface area contributed by atoms with Crippen LogP contribution in [0.1, 0.15) is 10.4 Å². The summed E-state index contributed by atoms with van der Waals surface area (Å²) < 4.78 is 4.84. The molecule has 0 aromatic heterocycles. The highest BCUT2D eigenvalue weighted by atomic mass is 35.5. The molecule has 3 rings (SSSR count). The molecule has 21 heavy (non-hydrogen) atoms. The minimum Gasteiger partial charge on any atom is -0.465 e. The number of hydrogen-bond donors (Lipinski definition) is 0. The molecular formula is C18H13ClO2. The molecule has 0 saturated heterocycles. The largest absolute Gasteiger partial charge is 0.465 e. The summed E-state index contributed by atoms with van der Waals surface area (Å²) in [7, 11) is 1.37. The number of fused-ring (bicyclic) bond motifs is 1. The molecule has 0 aliphatic carbocycles. The molecule has 0 unspecified atom stereocenters. The van der Waals surface area contributed by atoms with Crippen LogP contribution in [0.4, 0.5) is 0 Å². The summed E-state index contributed by atoms with van der Waals surface area (Å²) in [6, 6.07) is 19.5. The van der Waals surface area contributed by atoms with Crippen LogP contribution in [0.2, 0.25) is 5.02 Å². The Morgan fingerprint density at radius 1 is 0.952 bits per heavy atom. The number of carbonyl (C=O) groups is 1. The fourth-order valence-electron chi connectivity index (χ4n) is 2.40. The Labute approximate surface area is 127 Å². The van der Waals surface area contributed by atoms with Crippen molar-refractivity contribution in [1.82, 2.24) is 0 Å². The van der Waals surface area contributed by atoms with E-state index in [2.05, 4.69) is 12.1 Å². The van der Waals surface area contributed by atoms with Crippen LogP contribution in [0, 0.1) is 0 Å². The smallest absolute Gasteiger partial charge is 0.338 e. The molecule has 3 heteroatoms. The Morgan fingerprint density at radius 2 is 1.71 bits per heavy atom. The first-order chi connectivity index (χ1) is 10.2. The predicted molar refractivity (Wildman–Crippen MR) is 85.7 cm³/mol. The Hall–Kier alpha value is -2.32. The summed E-state index contributed by atoms with van der Waals surface area (Å²) in [5.74, 6) is -0.388. The maximum absolute atomic E-state index is 11.9. The minimum atomic E-state index is -0.388. The highest BCUT2D eigenvalue weighted by Crippen LogP contribution is 2.29. The third kappa shape index (κ3) is 2.63. The van der Waals surface area contributed by atoms with Crippen LogP contribution in [0.5, 0.6) is 0 Å². The summed E-state index contributed by atoms with van der Waals surface area (Å²) in [5, 5.41) is 2.80. The molecule has 0 fully saturated rings. The quantitative estimate of drug-likeness (QED) is 0.626. The second-order valence-electron chi connectivity index (χ2n) is 4.74. The molecule has 0 amide bonds. The lowest BCUT2D eigenvalue weighted by atomic mass is 9.97. The van der Waals surface area contributed by atoms with Crippen LogP contribution in [-0.2, 0) is 4.74 Å². The number of hydrogen-bond acceptors (Lipinski definition) is 2. The van der Waals surface area contributed by atoms with Gasteiger partial charge in [-0.25, -0.2) is 4.79 Å². The van der Waals surface area contributed by atoms with Crippen molar-refractivity contribution in [2.45, 2.75) is 0 Å². The van der Waals surface area contributed by atoms with Gasteiger partial charge < -0.3 is 4.74 Å². The first kappa shape index (κ1) is 13.7. The number of halogens is 1. The number of ether oxygens (including phenoxy) is 1. The van der Waals surface area contributed by atoms with Gasteiger partial charge in [-0.05, 0) is 40.1 Å². The van der Waals surface area contributed by atoms with E-state index in [9.17, 15) is 4.79 Å².